The lowest BCUT2D eigenvalue weighted by Gasteiger charge is -2.17. The van der Waals surface area contributed by atoms with Gasteiger partial charge in [0, 0.05) is 22.9 Å². The number of carbonyl (C=O) groups excluding carboxylic acids is 1. The van der Waals surface area contributed by atoms with Gasteiger partial charge in [-0.3, -0.25) is 9.69 Å². The van der Waals surface area contributed by atoms with Crippen molar-refractivity contribution >= 4 is 29.3 Å². The monoisotopic (exact) mass is 350 g/mol. The van der Waals surface area contributed by atoms with Crippen molar-refractivity contribution in [1.82, 2.24) is 9.97 Å². The summed E-state index contributed by atoms with van der Waals surface area (Å²) in [5, 5.41) is 0.493. The highest BCUT2D eigenvalue weighted by atomic mass is 32.2. The number of rotatable bonds is 5. The van der Waals surface area contributed by atoms with E-state index in [2.05, 4.69) is 9.97 Å². The van der Waals surface area contributed by atoms with Crippen LogP contribution in [-0.4, -0.2) is 21.6 Å². The number of benzene rings is 1. The van der Waals surface area contributed by atoms with E-state index in [0.29, 0.717) is 16.5 Å². The SMILES string of the molecule is CCCSc1nc(N)c2c(n1)N(Cc1ccc(F)cc1F)C(=O)C2. The average molecular weight is 350 g/mol. The molecule has 0 saturated heterocycles. The lowest BCUT2D eigenvalue weighted by atomic mass is 10.2. The standard InChI is InChI=1S/C16H16F2N4OS/c1-2-5-24-16-20-14(19)11-7-13(23)22(15(11)21-16)8-9-3-4-10(17)6-12(9)18/h3-4,6H,2,5,7-8H2,1H3,(H2,19,20,21). The Balaban J connectivity index is 1.93. The van der Waals surface area contributed by atoms with Crippen molar-refractivity contribution in [3.05, 3.63) is 41.0 Å². The van der Waals surface area contributed by atoms with E-state index in [1.165, 1.54) is 22.7 Å². The molecule has 8 heteroatoms. The fraction of sp³-hybridized carbons (Fsp3) is 0.312. The molecule has 24 heavy (non-hydrogen) atoms. The topological polar surface area (TPSA) is 72.1 Å². The van der Waals surface area contributed by atoms with Gasteiger partial charge >= 0.3 is 0 Å². The molecule has 1 aromatic heterocycles. The maximum atomic E-state index is 13.9. The molecule has 0 atom stereocenters. The first-order chi connectivity index (χ1) is 11.5. The lowest BCUT2D eigenvalue weighted by Crippen LogP contribution is -2.27. The summed E-state index contributed by atoms with van der Waals surface area (Å²) in [6.45, 7) is 2.02. The van der Waals surface area contributed by atoms with Gasteiger partial charge in [0.25, 0.3) is 0 Å². The summed E-state index contributed by atoms with van der Waals surface area (Å²) in [6, 6.07) is 3.29. The van der Waals surface area contributed by atoms with Crippen molar-refractivity contribution < 1.29 is 13.6 Å². The summed E-state index contributed by atoms with van der Waals surface area (Å²) in [6.07, 6.45) is 1.04. The Morgan fingerprint density at radius 3 is 2.83 bits per heavy atom. The third kappa shape index (κ3) is 3.19. The molecule has 0 aliphatic carbocycles. The van der Waals surface area contributed by atoms with Crippen molar-refractivity contribution in [2.75, 3.05) is 16.4 Å². The minimum atomic E-state index is -0.696. The molecular weight excluding hydrogens is 334 g/mol. The molecule has 2 N–H and O–H groups in total. The Kier molecular flexibility index (Phi) is 4.66. The van der Waals surface area contributed by atoms with E-state index in [-0.39, 0.29) is 30.3 Å². The van der Waals surface area contributed by atoms with Gasteiger partial charge in [-0.25, -0.2) is 18.7 Å². The Hall–Kier alpha value is -2.22. The van der Waals surface area contributed by atoms with Crippen molar-refractivity contribution in [2.45, 2.75) is 31.5 Å². The number of aromatic nitrogens is 2. The molecule has 0 spiro atoms. The van der Waals surface area contributed by atoms with Crippen LogP contribution < -0.4 is 10.6 Å². The fourth-order valence-electron chi connectivity index (χ4n) is 2.47. The molecule has 1 amide bonds. The minimum Gasteiger partial charge on any atom is -0.383 e. The highest BCUT2D eigenvalue weighted by Gasteiger charge is 2.32. The largest absolute Gasteiger partial charge is 0.383 e. The normalized spacial score (nSPS) is 13.5. The molecule has 2 heterocycles. The third-order valence-electron chi connectivity index (χ3n) is 3.66. The van der Waals surface area contributed by atoms with Gasteiger partial charge in [0.05, 0.1) is 13.0 Å². The van der Waals surface area contributed by atoms with E-state index in [9.17, 15) is 13.6 Å². The molecule has 126 valence electrons. The van der Waals surface area contributed by atoms with Gasteiger partial charge in [0.2, 0.25) is 5.91 Å². The molecule has 1 aliphatic heterocycles. The van der Waals surface area contributed by atoms with Crippen LogP contribution in [0.5, 0.6) is 0 Å². The van der Waals surface area contributed by atoms with Gasteiger partial charge < -0.3 is 5.73 Å². The van der Waals surface area contributed by atoms with E-state index in [0.717, 1.165) is 24.3 Å². The second-order valence-corrected chi connectivity index (χ2v) is 6.50. The van der Waals surface area contributed by atoms with E-state index in [1.807, 2.05) is 6.92 Å². The number of carbonyl (C=O) groups is 1. The molecule has 0 saturated carbocycles. The number of amides is 1. The average Bonchev–Trinajstić information content (AvgIpc) is 2.85. The van der Waals surface area contributed by atoms with Crippen LogP contribution in [0.4, 0.5) is 20.4 Å². The number of anilines is 2. The van der Waals surface area contributed by atoms with Crippen LogP contribution in [0.2, 0.25) is 0 Å². The summed E-state index contributed by atoms with van der Waals surface area (Å²) in [7, 11) is 0. The molecule has 2 aromatic rings. The molecule has 0 unspecified atom stereocenters. The summed E-state index contributed by atoms with van der Waals surface area (Å²) in [5.41, 5.74) is 6.72. The number of halogens is 2. The van der Waals surface area contributed by atoms with Gasteiger partial charge in [-0.15, -0.1) is 0 Å². The van der Waals surface area contributed by atoms with E-state index >= 15 is 0 Å². The van der Waals surface area contributed by atoms with Crippen LogP contribution in [0.25, 0.3) is 0 Å². The molecule has 0 radical (unpaired) electrons. The molecule has 0 bridgehead atoms. The van der Waals surface area contributed by atoms with Gasteiger partial charge in [-0.2, -0.15) is 0 Å². The van der Waals surface area contributed by atoms with Gasteiger partial charge in [0.1, 0.15) is 23.3 Å². The van der Waals surface area contributed by atoms with Crippen LogP contribution in [0.15, 0.2) is 23.4 Å². The zero-order valence-corrected chi connectivity index (χ0v) is 13.9. The summed E-state index contributed by atoms with van der Waals surface area (Å²) < 4.78 is 26.9. The van der Waals surface area contributed by atoms with Crippen molar-refractivity contribution in [1.29, 1.82) is 0 Å². The predicted octanol–water partition coefficient (Wildman–Crippen LogP) is 2.93. The molecule has 5 nitrogen and oxygen atoms in total. The van der Waals surface area contributed by atoms with Gasteiger partial charge in [0.15, 0.2) is 5.16 Å². The summed E-state index contributed by atoms with van der Waals surface area (Å²) >= 11 is 1.45. The van der Waals surface area contributed by atoms with E-state index < -0.39 is 11.6 Å². The van der Waals surface area contributed by atoms with E-state index in [1.54, 1.807) is 0 Å². The van der Waals surface area contributed by atoms with Crippen molar-refractivity contribution in [3.63, 3.8) is 0 Å². The molecule has 0 fully saturated rings. The first kappa shape index (κ1) is 16.6. The van der Waals surface area contributed by atoms with Crippen LogP contribution in [0.3, 0.4) is 0 Å². The first-order valence-corrected chi connectivity index (χ1v) is 8.51. The number of nitrogens with two attached hydrogens (primary N) is 1. The van der Waals surface area contributed by atoms with Crippen LogP contribution in [-0.2, 0) is 17.8 Å². The highest BCUT2D eigenvalue weighted by Crippen LogP contribution is 2.33. The Labute approximate surface area is 142 Å². The number of fused-ring (bicyclic) bond motifs is 1. The Morgan fingerprint density at radius 1 is 1.33 bits per heavy atom. The van der Waals surface area contributed by atoms with Crippen LogP contribution in [0.1, 0.15) is 24.5 Å². The number of hydrogen-bond donors (Lipinski definition) is 1. The zero-order valence-electron chi connectivity index (χ0n) is 13.1. The minimum absolute atomic E-state index is 0.0215. The van der Waals surface area contributed by atoms with Gasteiger partial charge in [-0.1, -0.05) is 24.8 Å². The fourth-order valence-corrected chi connectivity index (χ4v) is 3.17. The summed E-state index contributed by atoms with van der Waals surface area (Å²) in [4.78, 5) is 22.3. The maximum Gasteiger partial charge on any atom is 0.233 e. The van der Waals surface area contributed by atoms with Crippen molar-refractivity contribution in [3.8, 4) is 0 Å². The maximum absolute atomic E-state index is 13.9. The smallest absolute Gasteiger partial charge is 0.233 e. The lowest BCUT2D eigenvalue weighted by molar-refractivity contribution is -0.117. The Morgan fingerprint density at radius 2 is 2.12 bits per heavy atom. The number of hydrogen-bond acceptors (Lipinski definition) is 5. The number of nitrogens with zero attached hydrogens (tertiary/aromatic N) is 3. The second-order valence-electron chi connectivity index (χ2n) is 5.43. The quantitative estimate of drug-likeness (QED) is 0.663. The molecule has 1 aliphatic rings. The predicted molar refractivity (Wildman–Crippen MR) is 88.7 cm³/mol. The highest BCUT2D eigenvalue weighted by molar-refractivity contribution is 7.99. The Bertz CT molecular complexity index is 800. The van der Waals surface area contributed by atoms with Gasteiger partial charge in [-0.05, 0) is 12.5 Å². The first-order valence-electron chi connectivity index (χ1n) is 7.53. The van der Waals surface area contributed by atoms with E-state index in [4.69, 9.17) is 5.73 Å². The zero-order chi connectivity index (χ0) is 17.3. The molecule has 3 rings (SSSR count). The summed E-state index contributed by atoms with van der Waals surface area (Å²) in [5.74, 6) is -0.0667. The van der Waals surface area contributed by atoms with Crippen LogP contribution in [0, 0.1) is 11.6 Å². The molecular formula is C16H16F2N4OS. The van der Waals surface area contributed by atoms with Crippen LogP contribution >= 0.6 is 11.8 Å². The number of thioether (sulfide) groups is 1. The molecule has 1 aromatic carbocycles. The number of nitrogen functional groups attached to an aromatic ring is 1. The third-order valence-corrected chi connectivity index (χ3v) is 4.71. The van der Waals surface area contributed by atoms with Crippen molar-refractivity contribution in [2.24, 2.45) is 0 Å². The second kappa shape index (κ2) is 6.72.